The number of aryl methyl sites for hydroxylation is 2. The van der Waals surface area contributed by atoms with Gasteiger partial charge in [0.05, 0.1) is 9.79 Å². The third kappa shape index (κ3) is 4.26. The van der Waals surface area contributed by atoms with Gasteiger partial charge < -0.3 is 11.5 Å². The molecular formula is C17H18N4O7S2. The maximum Gasteiger partial charge on any atom is 0.365 e. The minimum atomic E-state index is -4.95. The second-order valence-electron chi connectivity index (χ2n) is 6.12. The number of urea groups is 3. The molecule has 13 heteroatoms. The lowest BCUT2D eigenvalue weighted by molar-refractivity contribution is 0.196. The molecule has 0 unspecified atom stereocenters. The first-order valence-corrected chi connectivity index (χ1v) is 11.0. The molecule has 0 bridgehead atoms. The molecule has 11 nitrogen and oxygen atoms in total. The Kier molecular flexibility index (Phi) is 6.18. The average molecular weight is 454 g/mol. The molecule has 0 aliphatic carbocycles. The van der Waals surface area contributed by atoms with Crippen LogP contribution < -0.4 is 11.5 Å². The van der Waals surface area contributed by atoms with Gasteiger partial charge in [0.25, 0.3) is 20.0 Å². The van der Waals surface area contributed by atoms with E-state index in [1.807, 2.05) is 0 Å². The summed E-state index contributed by atoms with van der Waals surface area (Å²) in [5.74, 6) is 0. The van der Waals surface area contributed by atoms with Crippen molar-refractivity contribution in [3.63, 3.8) is 0 Å². The van der Waals surface area contributed by atoms with Crippen molar-refractivity contribution < 1.29 is 31.2 Å². The molecule has 0 spiro atoms. The molecule has 0 heterocycles. The highest BCUT2D eigenvalue weighted by molar-refractivity contribution is 7.91. The maximum absolute atomic E-state index is 12.8. The maximum atomic E-state index is 12.8. The zero-order valence-electron chi connectivity index (χ0n) is 15.8. The number of nitrogens with zero attached hydrogens (tertiary/aromatic N) is 2. The molecule has 0 radical (unpaired) electrons. The van der Waals surface area contributed by atoms with Crippen molar-refractivity contribution in [2.45, 2.75) is 23.6 Å². The summed E-state index contributed by atoms with van der Waals surface area (Å²) in [6.45, 7) is 3.33. The standard InChI is InChI=1S/C17H18N4O7S2/c1-11-3-7-13(8-4-11)29(25,26)20(15(18)22)17(24)21(16(19)23)30(27,28)14-9-5-12(2)6-10-14/h3-10H,1-2H3,(H2,18,22)(H2,19,23). The van der Waals surface area contributed by atoms with Crippen molar-refractivity contribution in [1.82, 2.24) is 8.61 Å². The Balaban J connectivity index is 2.62. The highest BCUT2D eigenvalue weighted by Crippen LogP contribution is 2.22. The van der Waals surface area contributed by atoms with E-state index in [-0.39, 0.29) is 0 Å². The van der Waals surface area contributed by atoms with Crippen molar-refractivity contribution in [1.29, 1.82) is 0 Å². The third-order valence-corrected chi connectivity index (χ3v) is 7.24. The molecular weight excluding hydrogens is 436 g/mol. The SMILES string of the molecule is Cc1ccc(S(=O)(=O)N(C(N)=O)C(=O)N(C(N)=O)S(=O)(=O)c2ccc(C)cc2)cc1. The second-order valence-corrected chi connectivity index (χ2v) is 9.70. The molecule has 6 amide bonds. The number of nitrogens with two attached hydrogens (primary N) is 2. The molecule has 0 atom stereocenters. The average Bonchev–Trinajstić information content (AvgIpc) is 2.61. The van der Waals surface area contributed by atoms with Crippen LogP contribution in [0.25, 0.3) is 0 Å². The zero-order valence-corrected chi connectivity index (χ0v) is 17.5. The summed E-state index contributed by atoms with van der Waals surface area (Å²) in [6.07, 6.45) is 0. The van der Waals surface area contributed by atoms with E-state index < -0.39 is 56.5 Å². The van der Waals surface area contributed by atoms with Gasteiger partial charge in [-0.1, -0.05) is 35.4 Å². The Morgan fingerprint density at radius 1 is 0.633 bits per heavy atom. The number of sulfonamides is 2. The summed E-state index contributed by atoms with van der Waals surface area (Å²) in [7, 11) is -9.90. The molecule has 2 aromatic rings. The Morgan fingerprint density at radius 3 is 1.13 bits per heavy atom. The van der Waals surface area contributed by atoms with Crippen molar-refractivity contribution in [3.05, 3.63) is 59.7 Å². The van der Waals surface area contributed by atoms with Gasteiger partial charge in [-0.25, -0.2) is 31.2 Å². The summed E-state index contributed by atoms with van der Waals surface area (Å²) in [5.41, 5.74) is 11.4. The van der Waals surface area contributed by atoms with Crippen LogP contribution in [0.5, 0.6) is 0 Å². The van der Waals surface area contributed by atoms with E-state index in [1.54, 1.807) is 13.8 Å². The number of carbonyl (C=O) groups is 3. The number of primary amides is 2. The number of benzene rings is 2. The number of hydrogen-bond acceptors (Lipinski definition) is 7. The molecule has 0 aromatic heterocycles. The minimum absolute atomic E-state index is 0.530. The molecule has 160 valence electrons. The molecule has 2 rings (SSSR count). The highest BCUT2D eigenvalue weighted by Gasteiger charge is 2.44. The van der Waals surface area contributed by atoms with Crippen LogP contribution in [0.1, 0.15) is 11.1 Å². The second kappa shape index (κ2) is 8.12. The predicted molar refractivity (Wildman–Crippen MR) is 105 cm³/mol. The van der Waals surface area contributed by atoms with Crippen molar-refractivity contribution >= 4 is 38.1 Å². The lowest BCUT2D eigenvalue weighted by Gasteiger charge is -2.25. The van der Waals surface area contributed by atoms with Crippen LogP contribution in [0.3, 0.4) is 0 Å². The summed E-state index contributed by atoms with van der Waals surface area (Å²) in [6, 6.07) is 4.13. The quantitative estimate of drug-likeness (QED) is 0.698. The van der Waals surface area contributed by atoms with Crippen molar-refractivity contribution in [3.8, 4) is 0 Å². The fourth-order valence-electron chi connectivity index (χ4n) is 2.34. The number of hydrogen-bond donors (Lipinski definition) is 2. The molecule has 0 saturated carbocycles. The number of carbonyl (C=O) groups excluding carboxylic acids is 3. The molecule has 0 fully saturated rings. The van der Waals surface area contributed by atoms with Gasteiger partial charge in [0, 0.05) is 0 Å². The minimum Gasteiger partial charge on any atom is -0.350 e. The van der Waals surface area contributed by atoms with Crippen LogP contribution in [0.2, 0.25) is 0 Å². The first-order chi connectivity index (χ1) is 13.8. The first kappa shape index (κ1) is 22.8. The third-order valence-electron chi connectivity index (χ3n) is 3.87. The van der Waals surface area contributed by atoms with Gasteiger partial charge in [-0.05, 0) is 38.1 Å². The fourth-order valence-corrected chi connectivity index (χ4v) is 4.83. The first-order valence-electron chi connectivity index (χ1n) is 8.17. The normalized spacial score (nSPS) is 11.5. The Morgan fingerprint density at radius 2 is 0.900 bits per heavy atom. The summed E-state index contributed by atoms with van der Waals surface area (Å²) in [5, 5.41) is 0. The van der Waals surface area contributed by atoms with E-state index in [1.165, 1.54) is 24.3 Å². The van der Waals surface area contributed by atoms with Gasteiger partial charge in [-0.15, -0.1) is 8.61 Å². The van der Waals surface area contributed by atoms with Gasteiger partial charge in [0.1, 0.15) is 0 Å². The molecule has 30 heavy (non-hydrogen) atoms. The van der Waals surface area contributed by atoms with Crippen LogP contribution in [0.4, 0.5) is 14.4 Å². The van der Waals surface area contributed by atoms with Gasteiger partial charge >= 0.3 is 18.1 Å². The van der Waals surface area contributed by atoms with E-state index in [4.69, 9.17) is 11.5 Å². The predicted octanol–water partition coefficient (Wildman–Crippen LogP) is 1.26. The lowest BCUT2D eigenvalue weighted by Crippen LogP contribution is -2.55. The number of amides is 6. The van der Waals surface area contributed by atoms with Gasteiger partial charge in [-0.2, -0.15) is 0 Å². The van der Waals surface area contributed by atoms with Crippen LogP contribution in [0.15, 0.2) is 58.3 Å². The van der Waals surface area contributed by atoms with Crippen molar-refractivity contribution in [2.75, 3.05) is 0 Å². The van der Waals surface area contributed by atoms with Crippen molar-refractivity contribution in [2.24, 2.45) is 11.5 Å². The monoisotopic (exact) mass is 454 g/mol. The Labute approximate surface area is 173 Å². The Hall–Kier alpha value is -3.45. The van der Waals surface area contributed by atoms with E-state index >= 15 is 0 Å². The van der Waals surface area contributed by atoms with Crippen LogP contribution >= 0.6 is 0 Å². The summed E-state index contributed by atoms with van der Waals surface area (Å²) in [4.78, 5) is 35.4. The molecule has 0 aliphatic rings. The summed E-state index contributed by atoms with van der Waals surface area (Å²) >= 11 is 0. The van der Waals surface area contributed by atoms with Gasteiger partial charge in [-0.3, -0.25) is 0 Å². The number of rotatable bonds is 4. The molecule has 2 aromatic carbocycles. The Bertz CT molecular complexity index is 1110. The zero-order chi connectivity index (χ0) is 22.9. The highest BCUT2D eigenvalue weighted by atomic mass is 32.2. The van der Waals surface area contributed by atoms with E-state index in [9.17, 15) is 31.2 Å². The lowest BCUT2D eigenvalue weighted by atomic mass is 10.2. The molecule has 4 N–H and O–H groups in total. The van der Waals surface area contributed by atoms with Crippen LogP contribution in [-0.4, -0.2) is 43.5 Å². The van der Waals surface area contributed by atoms with Crippen LogP contribution in [-0.2, 0) is 20.0 Å². The fraction of sp³-hybridized carbons (Fsp3) is 0.118. The molecule has 0 saturated heterocycles. The molecule has 0 aliphatic heterocycles. The largest absolute Gasteiger partial charge is 0.365 e. The van der Waals surface area contributed by atoms with E-state index in [2.05, 4.69) is 0 Å². The van der Waals surface area contributed by atoms with Gasteiger partial charge in [0.15, 0.2) is 0 Å². The van der Waals surface area contributed by atoms with Gasteiger partial charge in [0.2, 0.25) is 0 Å². The summed E-state index contributed by atoms with van der Waals surface area (Å²) < 4.78 is 50.1. The smallest absolute Gasteiger partial charge is 0.350 e. The van der Waals surface area contributed by atoms with E-state index in [0.29, 0.717) is 11.1 Å². The topological polar surface area (TPSA) is 178 Å². The number of imide groups is 2. The van der Waals surface area contributed by atoms with Crippen LogP contribution in [0, 0.1) is 13.8 Å². The van der Waals surface area contributed by atoms with E-state index in [0.717, 1.165) is 24.3 Å².